The molecule has 7 heteroatoms. The van der Waals surface area contributed by atoms with Gasteiger partial charge in [0.1, 0.15) is 0 Å². The molecule has 0 atom stereocenters. The van der Waals surface area contributed by atoms with E-state index in [1.54, 1.807) is 0 Å². The van der Waals surface area contributed by atoms with E-state index in [0.717, 1.165) is 30.9 Å². The lowest BCUT2D eigenvalue weighted by molar-refractivity contribution is -0.121. The summed E-state index contributed by atoms with van der Waals surface area (Å²) in [6, 6.07) is 8.13. The van der Waals surface area contributed by atoms with Crippen molar-refractivity contribution in [3.8, 4) is 11.4 Å². The highest BCUT2D eigenvalue weighted by molar-refractivity contribution is 7.71. The SMILES string of the molecule is Cc1cccc(-c2n[nH]c(=S)n2CCC(=O)NCCCN2CCCCC2)c1. The van der Waals surface area contributed by atoms with Gasteiger partial charge in [-0.1, -0.05) is 30.2 Å². The van der Waals surface area contributed by atoms with E-state index < -0.39 is 0 Å². The Morgan fingerprint density at radius 3 is 2.85 bits per heavy atom. The highest BCUT2D eigenvalue weighted by atomic mass is 32.1. The summed E-state index contributed by atoms with van der Waals surface area (Å²) < 4.78 is 2.45. The first-order valence-electron chi connectivity index (χ1n) is 9.85. The summed E-state index contributed by atoms with van der Waals surface area (Å²) in [7, 11) is 0. The zero-order chi connectivity index (χ0) is 19.1. The maximum Gasteiger partial charge on any atom is 0.221 e. The van der Waals surface area contributed by atoms with Crippen LogP contribution < -0.4 is 5.32 Å². The van der Waals surface area contributed by atoms with E-state index in [1.165, 1.54) is 37.9 Å². The van der Waals surface area contributed by atoms with E-state index in [1.807, 2.05) is 29.7 Å². The van der Waals surface area contributed by atoms with E-state index >= 15 is 0 Å². The predicted molar refractivity (Wildman–Crippen MR) is 110 cm³/mol. The highest BCUT2D eigenvalue weighted by Crippen LogP contribution is 2.18. The van der Waals surface area contributed by atoms with Crippen LogP contribution in [0.25, 0.3) is 11.4 Å². The third-order valence-corrected chi connectivity index (χ3v) is 5.33. The van der Waals surface area contributed by atoms with Gasteiger partial charge >= 0.3 is 0 Å². The largest absolute Gasteiger partial charge is 0.356 e. The highest BCUT2D eigenvalue weighted by Gasteiger charge is 2.12. The Bertz CT molecular complexity index is 807. The van der Waals surface area contributed by atoms with Crippen molar-refractivity contribution in [2.24, 2.45) is 0 Å². The van der Waals surface area contributed by atoms with Crippen molar-refractivity contribution in [1.29, 1.82) is 0 Å². The number of piperidine rings is 1. The molecule has 0 saturated carbocycles. The number of aromatic amines is 1. The maximum absolute atomic E-state index is 12.2. The van der Waals surface area contributed by atoms with Gasteiger partial charge in [0.25, 0.3) is 0 Å². The van der Waals surface area contributed by atoms with Crippen LogP contribution in [0.15, 0.2) is 24.3 Å². The molecular weight excluding hydrogens is 358 g/mol. The number of nitrogens with one attached hydrogen (secondary N) is 2. The molecule has 1 aliphatic rings. The van der Waals surface area contributed by atoms with Crippen molar-refractivity contribution >= 4 is 18.1 Å². The number of rotatable bonds is 8. The van der Waals surface area contributed by atoms with Crippen molar-refractivity contribution in [1.82, 2.24) is 25.0 Å². The zero-order valence-electron chi connectivity index (χ0n) is 16.0. The molecule has 2 N–H and O–H groups in total. The summed E-state index contributed by atoms with van der Waals surface area (Å²) >= 11 is 5.34. The van der Waals surface area contributed by atoms with Crippen LogP contribution in [0.3, 0.4) is 0 Å². The second kappa shape index (κ2) is 9.80. The fourth-order valence-corrected chi connectivity index (χ4v) is 3.77. The Morgan fingerprint density at radius 1 is 1.26 bits per heavy atom. The number of carbonyl (C=O) groups is 1. The summed E-state index contributed by atoms with van der Waals surface area (Å²) in [5.41, 5.74) is 2.17. The lowest BCUT2D eigenvalue weighted by Gasteiger charge is -2.26. The van der Waals surface area contributed by atoms with Gasteiger partial charge in [-0.05, 0) is 64.1 Å². The van der Waals surface area contributed by atoms with Crippen molar-refractivity contribution < 1.29 is 4.79 Å². The van der Waals surface area contributed by atoms with E-state index in [9.17, 15) is 4.79 Å². The summed E-state index contributed by atoms with van der Waals surface area (Å²) in [6.45, 7) is 6.79. The summed E-state index contributed by atoms with van der Waals surface area (Å²) in [4.78, 5) is 14.7. The van der Waals surface area contributed by atoms with Crippen molar-refractivity contribution in [3.63, 3.8) is 0 Å². The minimum absolute atomic E-state index is 0.0620. The molecule has 1 amide bonds. The van der Waals surface area contributed by atoms with Crippen LogP contribution in [-0.4, -0.2) is 51.8 Å². The molecule has 2 aromatic rings. The average Bonchev–Trinajstić information content (AvgIpc) is 3.05. The van der Waals surface area contributed by atoms with E-state index in [2.05, 4.69) is 26.5 Å². The number of nitrogens with zero attached hydrogens (tertiary/aromatic N) is 3. The minimum Gasteiger partial charge on any atom is -0.356 e. The van der Waals surface area contributed by atoms with Crippen LogP contribution in [0.4, 0.5) is 0 Å². The average molecular weight is 388 g/mol. The first kappa shape index (κ1) is 19.8. The predicted octanol–water partition coefficient (Wildman–Crippen LogP) is 3.30. The molecule has 0 bridgehead atoms. The number of hydrogen-bond acceptors (Lipinski definition) is 4. The van der Waals surface area contributed by atoms with Crippen LogP contribution in [0.5, 0.6) is 0 Å². The Morgan fingerprint density at radius 2 is 2.07 bits per heavy atom. The molecule has 1 aromatic heterocycles. The molecule has 2 heterocycles. The molecule has 1 saturated heterocycles. The first-order chi connectivity index (χ1) is 13.1. The number of likely N-dealkylation sites (tertiary alicyclic amines) is 1. The van der Waals surface area contributed by atoms with Gasteiger partial charge in [-0.15, -0.1) is 0 Å². The quantitative estimate of drug-likeness (QED) is 0.539. The van der Waals surface area contributed by atoms with Gasteiger partial charge in [-0.2, -0.15) is 5.10 Å². The Balaban J connectivity index is 1.46. The van der Waals surface area contributed by atoms with E-state index in [0.29, 0.717) is 17.7 Å². The lowest BCUT2D eigenvalue weighted by atomic mass is 10.1. The summed E-state index contributed by atoms with van der Waals surface area (Å²) in [6.07, 6.45) is 5.37. The molecule has 146 valence electrons. The maximum atomic E-state index is 12.2. The minimum atomic E-state index is 0.0620. The van der Waals surface area contributed by atoms with Crippen LogP contribution >= 0.6 is 12.2 Å². The van der Waals surface area contributed by atoms with Crippen molar-refractivity contribution in [2.45, 2.75) is 45.6 Å². The number of hydrogen-bond donors (Lipinski definition) is 2. The van der Waals surface area contributed by atoms with Gasteiger partial charge in [0, 0.05) is 25.1 Å². The van der Waals surface area contributed by atoms with Gasteiger partial charge in [0.2, 0.25) is 5.91 Å². The van der Waals surface area contributed by atoms with Gasteiger partial charge in [0.05, 0.1) is 0 Å². The third-order valence-electron chi connectivity index (χ3n) is 5.02. The van der Waals surface area contributed by atoms with Gasteiger partial charge < -0.3 is 10.2 Å². The van der Waals surface area contributed by atoms with Gasteiger partial charge in [0.15, 0.2) is 10.6 Å². The van der Waals surface area contributed by atoms with Crippen molar-refractivity contribution in [2.75, 3.05) is 26.2 Å². The van der Waals surface area contributed by atoms with E-state index in [4.69, 9.17) is 12.2 Å². The smallest absolute Gasteiger partial charge is 0.221 e. The molecule has 0 radical (unpaired) electrons. The molecule has 3 rings (SSSR count). The Kier molecular flexibility index (Phi) is 7.18. The first-order valence-corrected chi connectivity index (χ1v) is 10.3. The molecule has 6 nitrogen and oxygen atoms in total. The number of benzene rings is 1. The second-order valence-corrected chi connectivity index (χ2v) is 7.62. The normalized spacial score (nSPS) is 15.0. The fourth-order valence-electron chi connectivity index (χ4n) is 3.54. The van der Waals surface area contributed by atoms with Crippen LogP contribution in [0.2, 0.25) is 0 Å². The molecule has 0 aliphatic carbocycles. The Hall–Kier alpha value is -1.99. The number of amides is 1. The van der Waals surface area contributed by atoms with Gasteiger partial charge in [-0.25, -0.2) is 0 Å². The topological polar surface area (TPSA) is 66.0 Å². The fraction of sp³-hybridized carbons (Fsp3) is 0.550. The van der Waals surface area contributed by atoms with Crippen LogP contribution in [-0.2, 0) is 11.3 Å². The second-order valence-electron chi connectivity index (χ2n) is 7.23. The summed E-state index contributed by atoms with van der Waals surface area (Å²) in [5, 5.41) is 10.2. The Labute approximate surface area is 166 Å². The monoisotopic (exact) mass is 387 g/mol. The van der Waals surface area contributed by atoms with Crippen molar-refractivity contribution in [3.05, 3.63) is 34.6 Å². The third kappa shape index (κ3) is 5.74. The molecule has 0 unspecified atom stereocenters. The summed E-state index contributed by atoms with van der Waals surface area (Å²) in [5.74, 6) is 0.841. The lowest BCUT2D eigenvalue weighted by Crippen LogP contribution is -2.33. The molecule has 1 aliphatic heterocycles. The zero-order valence-corrected chi connectivity index (χ0v) is 16.9. The van der Waals surface area contributed by atoms with Gasteiger partial charge in [-0.3, -0.25) is 14.5 Å². The number of carbonyl (C=O) groups excluding carboxylic acids is 1. The number of aromatic nitrogens is 3. The van der Waals surface area contributed by atoms with E-state index in [-0.39, 0.29) is 5.91 Å². The number of aryl methyl sites for hydroxylation is 1. The standard InChI is InChI=1S/C20H29N5OS/c1-16-7-5-8-17(15-16)19-22-23-20(27)25(19)14-9-18(26)21-10-6-13-24-11-3-2-4-12-24/h5,7-8,15H,2-4,6,9-14H2,1H3,(H,21,26)(H,23,27). The molecule has 0 spiro atoms. The molecule has 27 heavy (non-hydrogen) atoms. The molecule has 1 fully saturated rings. The molecular formula is C20H29N5OS. The molecule has 1 aromatic carbocycles. The van der Waals surface area contributed by atoms with Crippen LogP contribution in [0.1, 0.15) is 37.7 Å². The number of H-pyrrole nitrogens is 1. The van der Waals surface area contributed by atoms with Crippen LogP contribution in [0, 0.1) is 11.7 Å².